The van der Waals surface area contributed by atoms with Crippen molar-refractivity contribution in [2.24, 2.45) is 56.2 Å². The molecule has 1 aromatic heterocycles. The summed E-state index contributed by atoms with van der Waals surface area (Å²) in [6.45, 7) is 21.6. The van der Waals surface area contributed by atoms with Gasteiger partial charge in [0.05, 0.1) is 11.8 Å². The van der Waals surface area contributed by atoms with Crippen molar-refractivity contribution >= 4 is 23.5 Å². The van der Waals surface area contributed by atoms with Crippen LogP contribution in [-0.4, -0.2) is 44.7 Å². The average Bonchev–Trinajstić information content (AvgIpc) is 3.38. The Labute approximate surface area is 317 Å². The minimum absolute atomic E-state index is 0.000370. The van der Waals surface area contributed by atoms with Crippen molar-refractivity contribution < 1.29 is 29.0 Å². The van der Waals surface area contributed by atoms with Crippen molar-refractivity contribution in [2.75, 3.05) is 0 Å². The quantitative estimate of drug-likeness (QED) is 0.187. The third-order valence-corrected chi connectivity index (χ3v) is 16.0. The van der Waals surface area contributed by atoms with Gasteiger partial charge in [-0.1, -0.05) is 61.5 Å². The van der Waals surface area contributed by atoms with Crippen LogP contribution in [0.25, 0.3) is 0 Å². The maximum Gasteiger partial charge on any atom is 0.309 e. The smallest absolute Gasteiger partial charge is 0.309 e. The van der Waals surface area contributed by atoms with Gasteiger partial charge in [-0.3, -0.25) is 19.2 Å². The van der Waals surface area contributed by atoms with E-state index in [0.29, 0.717) is 30.5 Å². The van der Waals surface area contributed by atoms with Crippen molar-refractivity contribution in [3.8, 4) is 0 Å². The number of nitrogens with zero attached hydrogens (tertiary/aromatic N) is 2. The summed E-state index contributed by atoms with van der Waals surface area (Å²) in [5.74, 6) is 0.734. The van der Waals surface area contributed by atoms with E-state index in [1.165, 1.54) is 5.57 Å². The number of esters is 1. The van der Waals surface area contributed by atoms with E-state index in [2.05, 4.69) is 64.5 Å². The van der Waals surface area contributed by atoms with E-state index in [9.17, 15) is 24.3 Å². The number of carbonyl (C=O) groups is 4. The Hall–Kier alpha value is -3.16. The highest BCUT2D eigenvalue weighted by Gasteiger charge is 2.70. The zero-order valence-corrected chi connectivity index (χ0v) is 34.0. The lowest BCUT2D eigenvalue weighted by Crippen LogP contribution is -2.65. The minimum atomic E-state index is -1.17. The number of Topliss-reactive ketones (excluding diaryl/α,β-unsaturated/α-hetero) is 1. The van der Waals surface area contributed by atoms with Crippen LogP contribution >= 0.6 is 0 Å². The van der Waals surface area contributed by atoms with Crippen LogP contribution in [-0.2, 0) is 23.9 Å². The van der Waals surface area contributed by atoms with Crippen molar-refractivity contribution in [3.63, 3.8) is 0 Å². The summed E-state index contributed by atoms with van der Waals surface area (Å²) in [6.07, 6.45) is 15.6. The lowest BCUT2D eigenvalue weighted by Gasteiger charge is -2.72. The number of aliphatic carboxylic acids is 1. The number of ether oxygens (including phenoxy) is 1. The van der Waals surface area contributed by atoms with Gasteiger partial charge in [0, 0.05) is 42.0 Å². The van der Waals surface area contributed by atoms with Crippen LogP contribution in [0.2, 0.25) is 0 Å². The van der Waals surface area contributed by atoms with E-state index in [-0.39, 0.29) is 63.5 Å². The molecule has 8 heteroatoms. The SMILES string of the molecule is CC(C)C1=C2[C@H]3CC[C@@H]4[C@@]5(C)CC[C@H](OC(=O)CC(C)(C)C(=O)O)C(C)(C)[C@@H]5CC[C@@]4(C)[C@]3(C)CC[C@@]2(/C=C/C(=O)C[C@H](C)c2ncccn2)CC1=O. The van der Waals surface area contributed by atoms with Gasteiger partial charge in [-0.05, 0) is 128 Å². The molecule has 0 aliphatic heterocycles. The summed E-state index contributed by atoms with van der Waals surface area (Å²) in [5, 5.41) is 9.61. The first-order valence-corrected chi connectivity index (χ1v) is 20.3. The maximum absolute atomic E-state index is 14.0. The molecule has 0 amide bonds. The van der Waals surface area contributed by atoms with Crippen molar-refractivity contribution in [2.45, 2.75) is 152 Å². The Morgan fingerprint density at radius 2 is 1.60 bits per heavy atom. The van der Waals surface area contributed by atoms with Gasteiger partial charge in [0.25, 0.3) is 0 Å². The van der Waals surface area contributed by atoms with Gasteiger partial charge in [-0.2, -0.15) is 0 Å². The van der Waals surface area contributed by atoms with Crippen molar-refractivity contribution in [3.05, 3.63) is 47.6 Å². The maximum atomic E-state index is 14.0. The van der Waals surface area contributed by atoms with E-state index in [1.54, 1.807) is 38.4 Å². The fourth-order valence-corrected chi connectivity index (χ4v) is 13.0. The van der Waals surface area contributed by atoms with Gasteiger partial charge < -0.3 is 9.84 Å². The van der Waals surface area contributed by atoms with Crippen LogP contribution < -0.4 is 0 Å². The molecular formula is C45H64N2O6. The van der Waals surface area contributed by atoms with Crippen LogP contribution in [0.15, 0.2) is 41.8 Å². The molecule has 0 unspecified atom stereocenters. The van der Waals surface area contributed by atoms with Gasteiger partial charge in [0.2, 0.25) is 0 Å². The Morgan fingerprint density at radius 3 is 2.25 bits per heavy atom. The number of hydrogen-bond acceptors (Lipinski definition) is 7. The molecule has 0 aromatic carbocycles. The number of allylic oxidation sites excluding steroid dienone is 4. The number of rotatable bonds is 10. The van der Waals surface area contributed by atoms with Crippen LogP contribution in [0.4, 0.5) is 0 Å². The topological polar surface area (TPSA) is 124 Å². The molecule has 0 saturated heterocycles. The molecule has 5 aliphatic carbocycles. The fraction of sp³-hybridized carbons (Fsp3) is 0.733. The van der Waals surface area contributed by atoms with E-state index in [0.717, 1.165) is 56.9 Å². The molecule has 1 N–H and O–H groups in total. The number of hydrogen-bond donors (Lipinski definition) is 1. The minimum Gasteiger partial charge on any atom is -0.481 e. The van der Waals surface area contributed by atoms with Gasteiger partial charge in [0.15, 0.2) is 11.6 Å². The molecule has 0 radical (unpaired) electrons. The highest BCUT2D eigenvalue weighted by molar-refractivity contribution is 6.01. The number of carboxylic acid groups (broad SMARTS) is 1. The normalized spacial score (nSPS) is 37.1. The molecule has 6 rings (SSSR count). The summed E-state index contributed by atoms with van der Waals surface area (Å²) in [6, 6.07) is 1.78. The molecule has 290 valence electrons. The second kappa shape index (κ2) is 13.5. The van der Waals surface area contributed by atoms with Gasteiger partial charge in [0.1, 0.15) is 11.9 Å². The molecule has 53 heavy (non-hydrogen) atoms. The van der Waals surface area contributed by atoms with Crippen molar-refractivity contribution in [1.29, 1.82) is 0 Å². The van der Waals surface area contributed by atoms with Crippen molar-refractivity contribution in [1.82, 2.24) is 9.97 Å². The monoisotopic (exact) mass is 728 g/mol. The number of fused-ring (bicyclic) bond motifs is 7. The second-order valence-corrected chi connectivity index (χ2v) is 20.1. The first-order valence-electron chi connectivity index (χ1n) is 20.3. The van der Waals surface area contributed by atoms with Crippen LogP contribution in [0.1, 0.15) is 152 Å². The number of ketones is 2. The molecular weight excluding hydrogens is 665 g/mol. The third kappa shape index (κ3) is 6.36. The molecule has 8 nitrogen and oxygen atoms in total. The molecule has 4 saturated carbocycles. The van der Waals surface area contributed by atoms with E-state index in [1.807, 2.05) is 6.92 Å². The van der Waals surface area contributed by atoms with Crippen LogP contribution in [0, 0.1) is 56.2 Å². The van der Waals surface area contributed by atoms with E-state index in [4.69, 9.17) is 4.74 Å². The third-order valence-electron chi connectivity index (χ3n) is 16.0. The largest absolute Gasteiger partial charge is 0.481 e. The molecule has 0 bridgehead atoms. The predicted molar refractivity (Wildman–Crippen MR) is 205 cm³/mol. The molecule has 0 spiro atoms. The zero-order chi connectivity index (χ0) is 38.9. The number of carboxylic acids is 1. The number of carbonyl (C=O) groups excluding carboxylic acids is 3. The Balaban J connectivity index is 1.27. The fourth-order valence-electron chi connectivity index (χ4n) is 13.0. The van der Waals surface area contributed by atoms with Crippen LogP contribution in [0.5, 0.6) is 0 Å². The standard InChI is InChI=1S/C45H64N2O6/c1-27(2)36-31(49)25-45(19-14-29(48)24-28(3)38-46-22-11-23-47-38)21-20-43(9)30(37(36)45)12-13-33-42(8)17-16-34(53-35(50)26-40(4,5)39(51)52)41(6,7)32(42)15-18-44(33,43)10/h11,14,19,22-23,27-28,30,32-34H,12-13,15-18,20-21,24-26H2,1-10H3,(H,51,52)/b19-14+/t28-,30+,32-,33+,34-,42-,43+,44+,45-/m0/s1. The van der Waals surface area contributed by atoms with Crippen LogP contribution in [0.3, 0.4) is 0 Å². The molecule has 5 aliphatic rings. The molecule has 4 fully saturated rings. The van der Waals surface area contributed by atoms with E-state index < -0.39 is 22.8 Å². The first-order chi connectivity index (χ1) is 24.6. The summed E-state index contributed by atoms with van der Waals surface area (Å²) < 4.78 is 6.16. The zero-order valence-electron chi connectivity index (χ0n) is 34.0. The van der Waals surface area contributed by atoms with Gasteiger partial charge in [-0.25, -0.2) is 9.97 Å². The van der Waals surface area contributed by atoms with E-state index >= 15 is 0 Å². The first kappa shape index (κ1) is 39.5. The predicted octanol–water partition coefficient (Wildman–Crippen LogP) is 9.49. The highest BCUT2D eigenvalue weighted by Crippen LogP contribution is 2.77. The summed E-state index contributed by atoms with van der Waals surface area (Å²) in [4.78, 5) is 61.0. The summed E-state index contributed by atoms with van der Waals surface area (Å²) in [5.41, 5.74) is 0.649. The van der Waals surface area contributed by atoms with Gasteiger partial charge in [-0.15, -0.1) is 0 Å². The lowest BCUT2D eigenvalue weighted by atomic mass is 9.33. The molecule has 9 atom stereocenters. The lowest BCUT2D eigenvalue weighted by molar-refractivity contribution is -0.232. The Morgan fingerprint density at radius 1 is 0.925 bits per heavy atom. The molecule has 1 aromatic rings. The second-order valence-electron chi connectivity index (χ2n) is 20.1. The summed E-state index contributed by atoms with van der Waals surface area (Å²) in [7, 11) is 0. The number of aromatic nitrogens is 2. The highest BCUT2D eigenvalue weighted by atomic mass is 16.5. The average molecular weight is 729 g/mol. The molecule has 1 heterocycles. The Kier molecular flexibility index (Phi) is 10.1. The van der Waals surface area contributed by atoms with Gasteiger partial charge >= 0.3 is 11.9 Å². The Bertz CT molecular complexity index is 1710. The summed E-state index contributed by atoms with van der Waals surface area (Å²) >= 11 is 0.